The molecule has 0 spiro atoms. The number of methoxy groups -OCH3 is 1. The van der Waals surface area contributed by atoms with Gasteiger partial charge >= 0.3 is 0 Å². The lowest BCUT2D eigenvalue weighted by Crippen LogP contribution is -2.42. The van der Waals surface area contributed by atoms with Crippen LogP contribution in [-0.4, -0.2) is 69.5 Å². The van der Waals surface area contributed by atoms with E-state index in [0.717, 1.165) is 6.42 Å². The van der Waals surface area contributed by atoms with Crippen LogP contribution in [-0.2, 0) is 24.2 Å². The third-order valence-electron chi connectivity index (χ3n) is 3.48. The van der Waals surface area contributed by atoms with Gasteiger partial charge in [-0.1, -0.05) is 0 Å². The lowest BCUT2D eigenvalue weighted by molar-refractivity contribution is -0.131. The van der Waals surface area contributed by atoms with E-state index >= 15 is 0 Å². The molecule has 1 fully saturated rings. The van der Waals surface area contributed by atoms with Crippen molar-refractivity contribution in [3.05, 3.63) is 0 Å². The number of sulfone groups is 1. The highest BCUT2D eigenvalue weighted by molar-refractivity contribution is 7.91. The van der Waals surface area contributed by atoms with Crippen LogP contribution in [0.3, 0.4) is 0 Å². The van der Waals surface area contributed by atoms with Gasteiger partial charge in [0.15, 0.2) is 9.84 Å². The molecule has 0 aromatic carbocycles. The second-order valence-corrected chi connectivity index (χ2v) is 7.44. The van der Waals surface area contributed by atoms with E-state index < -0.39 is 9.84 Å². The monoisotopic (exact) mass is 320 g/mol. The third-order valence-corrected chi connectivity index (χ3v) is 5.23. The Morgan fingerprint density at radius 2 is 2.10 bits per heavy atom. The van der Waals surface area contributed by atoms with Crippen molar-refractivity contribution in [3.63, 3.8) is 0 Å². The standard InChI is InChI=1S/C13H24N2O5S/c1-11(16)15(12-5-9-21(18,19)10-12)7-4-13(17)14-6-3-8-20-2/h12H,3-10H2,1-2H3,(H,14,17). The smallest absolute Gasteiger partial charge is 0.221 e. The van der Waals surface area contributed by atoms with Crippen LogP contribution < -0.4 is 5.32 Å². The summed E-state index contributed by atoms with van der Waals surface area (Å²) in [6.07, 6.45) is 1.38. The number of carbonyl (C=O) groups is 2. The zero-order valence-corrected chi connectivity index (χ0v) is 13.4. The van der Waals surface area contributed by atoms with E-state index in [0.29, 0.717) is 19.6 Å². The highest BCUT2D eigenvalue weighted by Crippen LogP contribution is 2.18. The van der Waals surface area contributed by atoms with Crippen molar-refractivity contribution >= 4 is 21.7 Å². The maximum absolute atomic E-state index is 11.7. The molecule has 1 unspecified atom stereocenters. The van der Waals surface area contributed by atoms with E-state index in [2.05, 4.69) is 5.32 Å². The highest BCUT2D eigenvalue weighted by Gasteiger charge is 2.33. The van der Waals surface area contributed by atoms with Crippen LogP contribution in [0, 0.1) is 0 Å². The molecule has 0 aromatic heterocycles. The average Bonchev–Trinajstić information content (AvgIpc) is 2.75. The second kappa shape index (κ2) is 8.33. The van der Waals surface area contributed by atoms with Gasteiger partial charge in [-0.25, -0.2) is 8.42 Å². The van der Waals surface area contributed by atoms with Gasteiger partial charge in [0.2, 0.25) is 11.8 Å². The number of carbonyl (C=O) groups excluding carboxylic acids is 2. The first-order valence-electron chi connectivity index (χ1n) is 7.09. The predicted octanol–water partition coefficient (Wildman–Crippen LogP) is -0.435. The van der Waals surface area contributed by atoms with Crippen molar-refractivity contribution in [2.24, 2.45) is 0 Å². The molecule has 1 saturated heterocycles. The van der Waals surface area contributed by atoms with Crippen LogP contribution in [0.25, 0.3) is 0 Å². The minimum Gasteiger partial charge on any atom is -0.385 e. The largest absolute Gasteiger partial charge is 0.385 e. The summed E-state index contributed by atoms with van der Waals surface area (Å²) in [5.41, 5.74) is 0. The molecule has 1 atom stereocenters. The molecule has 7 nitrogen and oxygen atoms in total. The van der Waals surface area contributed by atoms with Crippen molar-refractivity contribution in [1.29, 1.82) is 0 Å². The number of ether oxygens (including phenoxy) is 1. The van der Waals surface area contributed by atoms with Crippen molar-refractivity contribution < 1.29 is 22.7 Å². The van der Waals surface area contributed by atoms with Crippen LogP contribution in [0.4, 0.5) is 0 Å². The van der Waals surface area contributed by atoms with Crippen LogP contribution in [0.5, 0.6) is 0 Å². The fourth-order valence-electron chi connectivity index (χ4n) is 2.37. The SMILES string of the molecule is COCCCNC(=O)CCN(C(C)=O)C1CCS(=O)(=O)C1. The third kappa shape index (κ3) is 6.43. The van der Waals surface area contributed by atoms with Gasteiger partial charge in [-0.05, 0) is 12.8 Å². The Morgan fingerprint density at radius 1 is 1.38 bits per heavy atom. The topological polar surface area (TPSA) is 92.8 Å². The summed E-state index contributed by atoms with van der Waals surface area (Å²) >= 11 is 0. The summed E-state index contributed by atoms with van der Waals surface area (Å²) in [7, 11) is -1.44. The molecular weight excluding hydrogens is 296 g/mol. The molecule has 1 aliphatic heterocycles. The summed E-state index contributed by atoms with van der Waals surface area (Å²) in [4.78, 5) is 24.8. The highest BCUT2D eigenvalue weighted by atomic mass is 32.2. The summed E-state index contributed by atoms with van der Waals surface area (Å²) in [5.74, 6) is -0.213. The molecule has 0 aromatic rings. The van der Waals surface area contributed by atoms with E-state index in [9.17, 15) is 18.0 Å². The summed E-state index contributed by atoms with van der Waals surface area (Å²) in [6, 6.07) is -0.297. The zero-order valence-electron chi connectivity index (χ0n) is 12.6. The van der Waals surface area contributed by atoms with Crippen molar-refractivity contribution in [3.8, 4) is 0 Å². The normalized spacial score (nSPS) is 20.2. The Bertz CT molecular complexity index is 463. The Hall–Kier alpha value is -1.15. The summed E-state index contributed by atoms with van der Waals surface area (Å²) < 4.78 is 27.8. The molecule has 1 N–H and O–H groups in total. The zero-order chi connectivity index (χ0) is 15.9. The average molecular weight is 320 g/mol. The molecule has 0 saturated carbocycles. The Kier molecular flexibility index (Phi) is 7.10. The fourth-order valence-corrected chi connectivity index (χ4v) is 4.10. The lowest BCUT2D eigenvalue weighted by Gasteiger charge is -2.26. The van der Waals surface area contributed by atoms with Gasteiger partial charge in [0.05, 0.1) is 11.5 Å². The molecular formula is C13H24N2O5S. The number of rotatable bonds is 8. The molecule has 0 aliphatic carbocycles. The van der Waals surface area contributed by atoms with E-state index in [1.165, 1.54) is 11.8 Å². The van der Waals surface area contributed by atoms with E-state index in [4.69, 9.17) is 4.74 Å². The number of nitrogens with zero attached hydrogens (tertiary/aromatic N) is 1. The first kappa shape index (κ1) is 17.9. The molecule has 21 heavy (non-hydrogen) atoms. The lowest BCUT2D eigenvalue weighted by atomic mass is 10.2. The maximum Gasteiger partial charge on any atom is 0.221 e. The Morgan fingerprint density at radius 3 is 2.62 bits per heavy atom. The number of hydrogen-bond acceptors (Lipinski definition) is 5. The number of amides is 2. The Labute approximate surface area is 125 Å². The Balaban J connectivity index is 2.38. The second-order valence-electron chi connectivity index (χ2n) is 5.22. The molecule has 0 bridgehead atoms. The van der Waals surface area contributed by atoms with Gasteiger partial charge in [-0.15, -0.1) is 0 Å². The van der Waals surface area contributed by atoms with Gasteiger partial charge in [-0.2, -0.15) is 0 Å². The maximum atomic E-state index is 11.7. The van der Waals surface area contributed by atoms with Crippen LogP contribution >= 0.6 is 0 Å². The minimum absolute atomic E-state index is 0.00202. The molecule has 1 heterocycles. The van der Waals surface area contributed by atoms with Crippen molar-refractivity contribution in [1.82, 2.24) is 10.2 Å². The van der Waals surface area contributed by atoms with Gasteiger partial charge in [0.25, 0.3) is 0 Å². The van der Waals surface area contributed by atoms with Crippen LogP contribution in [0.1, 0.15) is 26.2 Å². The number of nitrogens with one attached hydrogen (secondary N) is 1. The molecule has 1 aliphatic rings. The van der Waals surface area contributed by atoms with E-state index in [1.807, 2.05) is 0 Å². The van der Waals surface area contributed by atoms with Crippen LogP contribution in [0.15, 0.2) is 0 Å². The molecule has 2 amide bonds. The molecule has 122 valence electrons. The van der Waals surface area contributed by atoms with Gasteiger partial charge in [0.1, 0.15) is 0 Å². The first-order valence-corrected chi connectivity index (χ1v) is 8.91. The number of hydrogen-bond donors (Lipinski definition) is 1. The summed E-state index contributed by atoms with van der Waals surface area (Å²) in [5, 5.41) is 2.74. The molecule has 8 heteroatoms. The van der Waals surface area contributed by atoms with Gasteiger partial charge in [0, 0.05) is 46.2 Å². The fraction of sp³-hybridized carbons (Fsp3) is 0.846. The quantitative estimate of drug-likeness (QED) is 0.612. The van der Waals surface area contributed by atoms with Crippen molar-refractivity contribution in [2.75, 3.05) is 38.3 Å². The van der Waals surface area contributed by atoms with Crippen molar-refractivity contribution in [2.45, 2.75) is 32.2 Å². The first-order chi connectivity index (χ1) is 9.85. The molecule has 1 rings (SSSR count). The molecule has 0 radical (unpaired) electrons. The minimum atomic E-state index is -3.04. The predicted molar refractivity (Wildman–Crippen MR) is 78.6 cm³/mol. The van der Waals surface area contributed by atoms with Gasteiger partial charge in [-0.3, -0.25) is 9.59 Å². The van der Waals surface area contributed by atoms with Crippen LogP contribution in [0.2, 0.25) is 0 Å². The van der Waals surface area contributed by atoms with E-state index in [-0.39, 0.29) is 42.3 Å². The summed E-state index contributed by atoms with van der Waals surface area (Å²) in [6.45, 7) is 2.78. The van der Waals surface area contributed by atoms with E-state index in [1.54, 1.807) is 7.11 Å². The van der Waals surface area contributed by atoms with Gasteiger partial charge < -0.3 is 15.0 Å².